The number of halogens is 3. The third-order valence-electron chi connectivity index (χ3n) is 4.60. The zero-order chi connectivity index (χ0) is 22.1. The Bertz CT molecular complexity index is 1250. The van der Waals surface area contributed by atoms with Gasteiger partial charge in [-0.05, 0) is 50.6 Å². The zero-order valence-corrected chi connectivity index (χ0v) is 17.0. The summed E-state index contributed by atoms with van der Waals surface area (Å²) in [5, 5.41) is 0.257. The Morgan fingerprint density at radius 2 is 1.80 bits per heavy atom. The Labute approximate surface area is 170 Å². The van der Waals surface area contributed by atoms with Gasteiger partial charge in [0.25, 0.3) is 0 Å². The van der Waals surface area contributed by atoms with Gasteiger partial charge in [0.1, 0.15) is 5.69 Å². The lowest BCUT2D eigenvalue weighted by atomic mass is 10.1. The van der Waals surface area contributed by atoms with Crippen LogP contribution in [0.5, 0.6) is 0 Å². The SMILES string of the molecule is CNS(=O)(=O)CCCc1nc(=O)n(-c2ccccc2C)c2nc(C(F)(F)F)ccc12. The van der Waals surface area contributed by atoms with E-state index in [0.717, 1.165) is 10.6 Å². The van der Waals surface area contributed by atoms with E-state index in [1.807, 2.05) is 0 Å². The number of benzene rings is 1. The number of pyridine rings is 1. The van der Waals surface area contributed by atoms with Gasteiger partial charge < -0.3 is 0 Å². The molecule has 0 amide bonds. The number of hydrogen-bond acceptors (Lipinski definition) is 5. The number of rotatable bonds is 6. The molecule has 2 heterocycles. The summed E-state index contributed by atoms with van der Waals surface area (Å²) in [6.07, 6.45) is -4.46. The fourth-order valence-corrected chi connectivity index (χ4v) is 3.80. The first-order chi connectivity index (χ1) is 14.0. The van der Waals surface area contributed by atoms with E-state index in [0.29, 0.717) is 11.3 Å². The molecule has 160 valence electrons. The molecule has 3 aromatic rings. The molecule has 3 rings (SSSR count). The number of aryl methyl sites for hydroxylation is 2. The minimum Gasteiger partial charge on any atom is -0.245 e. The molecule has 0 atom stereocenters. The van der Waals surface area contributed by atoms with E-state index in [2.05, 4.69) is 14.7 Å². The van der Waals surface area contributed by atoms with Crippen molar-refractivity contribution in [3.63, 3.8) is 0 Å². The topological polar surface area (TPSA) is 94.0 Å². The predicted molar refractivity (Wildman–Crippen MR) is 106 cm³/mol. The second-order valence-corrected chi connectivity index (χ2v) is 8.70. The lowest BCUT2D eigenvalue weighted by molar-refractivity contribution is -0.141. The molecule has 0 unspecified atom stereocenters. The molecule has 0 saturated heterocycles. The predicted octanol–water partition coefficient (Wildman–Crippen LogP) is 2.59. The molecule has 1 aromatic carbocycles. The summed E-state index contributed by atoms with van der Waals surface area (Å²) in [5.41, 5.74) is -0.856. The Hall–Kier alpha value is -2.79. The maximum absolute atomic E-state index is 13.3. The summed E-state index contributed by atoms with van der Waals surface area (Å²) in [6, 6.07) is 8.75. The Morgan fingerprint density at radius 1 is 1.10 bits per heavy atom. The van der Waals surface area contributed by atoms with Crippen molar-refractivity contribution in [3.05, 3.63) is 63.8 Å². The van der Waals surface area contributed by atoms with Gasteiger partial charge in [-0.2, -0.15) is 18.2 Å². The summed E-state index contributed by atoms with van der Waals surface area (Å²) in [5.74, 6) is -0.207. The summed E-state index contributed by atoms with van der Waals surface area (Å²) >= 11 is 0. The molecular formula is C19H19F3N4O3S. The number of nitrogens with one attached hydrogen (secondary N) is 1. The van der Waals surface area contributed by atoms with Gasteiger partial charge in [-0.15, -0.1) is 0 Å². The van der Waals surface area contributed by atoms with Gasteiger partial charge in [-0.1, -0.05) is 18.2 Å². The Kier molecular flexibility index (Phi) is 5.95. The van der Waals surface area contributed by atoms with Gasteiger partial charge in [-0.25, -0.2) is 27.5 Å². The highest BCUT2D eigenvalue weighted by atomic mass is 32.2. The van der Waals surface area contributed by atoms with Crippen molar-refractivity contribution >= 4 is 21.1 Å². The molecule has 11 heteroatoms. The minimum absolute atomic E-state index is 0.0916. The van der Waals surface area contributed by atoms with Gasteiger partial charge >= 0.3 is 11.9 Å². The van der Waals surface area contributed by atoms with Crippen molar-refractivity contribution in [3.8, 4) is 5.69 Å². The molecule has 0 aliphatic heterocycles. The van der Waals surface area contributed by atoms with Crippen molar-refractivity contribution in [2.75, 3.05) is 12.8 Å². The van der Waals surface area contributed by atoms with Crippen LogP contribution < -0.4 is 10.4 Å². The van der Waals surface area contributed by atoms with Crippen molar-refractivity contribution < 1.29 is 21.6 Å². The van der Waals surface area contributed by atoms with Crippen LogP contribution in [0.2, 0.25) is 0 Å². The molecule has 0 spiro atoms. The monoisotopic (exact) mass is 440 g/mol. The van der Waals surface area contributed by atoms with E-state index in [1.54, 1.807) is 31.2 Å². The van der Waals surface area contributed by atoms with E-state index < -0.39 is 27.6 Å². The van der Waals surface area contributed by atoms with Crippen molar-refractivity contribution in [2.24, 2.45) is 0 Å². The van der Waals surface area contributed by atoms with E-state index >= 15 is 0 Å². The summed E-state index contributed by atoms with van der Waals surface area (Å²) < 4.78 is 66.3. The van der Waals surface area contributed by atoms with Crippen LogP contribution in [-0.4, -0.2) is 35.8 Å². The summed E-state index contributed by atoms with van der Waals surface area (Å²) in [6.45, 7) is 1.72. The molecule has 0 fully saturated rings. The summed E-state index contributed by atoms with van der Waals surface area (Å²) in [4.78, 5) is 20.5. The average Bonchev–Trinajstić information content (AvgIpc) is 2.68. The molecule has 2 aromatic heterocycles. The lowest BCUT2D eigenvalue weighted by Gasteiger charge is -2.15. The lowest BCUT2D eigenvalue weighted by Crippen LogP contribution is -2.26. The quantitative estimate of drug-likeness (QED) is 0.636. The van der Waals surface area contributed by atoms with Gasteiger partial charge in [0.15, 0.2) is 5.65 Å². The first-order valence-electron chi connectivity index (χ1n) is 9.00. The van der Waals surface area contributed by atoms with Gasteiger partial charge in [0.05, 0.1) is 17.1 Å². The van der Waals surface area contributed by atoms with E-state index in [1.165, 1.54) is 13.1 Å². The van der Waals surface area contributed by atoms with Gasteiger partial charge in [0.2, 0.25) is 10.0 Å². The van der Waals surface area contributed by atoms with Crippen molar-refractivity contribution in [2.45, 2.75) is 25.9 Å². The molecule has 1 N–H and O–H groups in total. The summed E-state index contributed by atoms with van der Waals surface area (Å²) in [7, 11) is -2.17. The van der Waals surface area contributed by atoms with Gasteiger partial charge in [-0.3, -0.25) is 0 Å². The third kappa shape index (κ3) is 4.51. The Morgan fingerprint density at radius 3 is 2.43 bits per heavy atom. The third-order valence-corrected chi connectivity index (χ3v) is 6.05. The molecule has 0 aliphatic rings. The number of hydrogen-bond donors (Lipinski definition) is 1. The van der Waals surface area contributed by atoms with Crippen LogP contribution in [-0.2, 0) is 22.6 Å². The zero-order valence-electron chi connectivity index (χ0n) is 16.2. The highest BCUT2D eigenvalue weighted by molar-refractivity contribution is 7.89. The number of fused-ring (bicyclic) bond motifs is 1. The van der Waals surface area contributed by atoms with Crippen LogP contribution in [0.1, 0.15) is 23.4 Å². The number of para-hydroxylation sites is 1. The van der Waals surface area contributed by atoms with Crippen molar-refractivity contribution in [1.29, 1.82) is 0 Å². The highest BCUT2D eigenvalue weighted by Crippen LogP contribution is 2.30. The smallest absolute Gasteiger partial charge is 0.245 e. The molecule has 0 saturated carbocycles. The molecule has 0 bridgehead atoms. The van der Waals surface area contributed by atoms with Crippen LogP contribution in [0.3, 0.4) is 0 Å². The maximum atomic E-state index is 13.3. The number of sulfonamides is 1. The molecule has 7 nitrogen and oxygen atoms in total. The molecular weight excluding hydrogens is 421 g/mol. The maximum Gasteiger partial charge on any atom is 0.433 e. The normalized spacial score (nSPS) is 12.4. The number of aromatic nitrogens is 3. The number of alkyl halides is 3. The second kappa shape index (κ2) is 8.15. The second-order valence-electron chi connectivity index (χ2n) is 6.65. The van der Waals surface area contributed by atoms with Gasteiger partial charge in [0, 0.05) is 5.39 Å². The van der Waals surface area contributed by atoms with Crippen molar-refractivity contribution in [1.82, 2.24) is 19.3 Å². The van der Waals surface area contributed by atoms with Crippen LogP contribution >= 0.6 is 0 Å². The average molecular weight is 440 g/mol. The van der Waals surface area contributed by atoms with E-state index in [9.17, 15) is 26.4 Å². The van der Waals surface area contributed by atoms with E-state index in [4.69, 9.17) is 0 Å². The number of nitrogens with zero attached hydrogens (tertiary/aromatic N) is 3. The fourth-order valence-electron chi connectivity index (χ4n) is 3.07. The first kappa shape index (κ1) is 21.9. The highest BCUT2D eigenvalue weighted by Gasteiger charge is 2.33. The molecule has 0 radical (unpaired) electrons. The fraction of sp³-hybridized carbons (Fsp3) is 0.316. The van der Waals surface area contributed by atoms with Crippen LogP contribution in [0.15, 0.2) is 41.2 Å². The minimum atomic E-state index is -4.69. The molecule has 30 heavy (non-hydrogen) atoms. The standard InChI is InChI=1S/C19H19F3N4O3S/c1-12-6-3-4-8-15(12)26-17-13(9-10-16(25-17)19(20,21)22)14(24-18(26)27)7-5-11-30(28,29)23-2/h3-4,6,8-10,23H,5,7,11H2,1-2H3. The first-order valence-corrected chi connectivity index (χ1v) is 10.7. The largest absolute Gasteiger partial charge is 0.433 e. The van der Waals surface area contributed by atoms with E-state index in [-0.39, 0.29) is 35.3 Å². The Balaban J connectivity index is 2.21. The van der Waals surface area contributed by atoms with Crippen LogP contribution in [0, 0.1) is 6.92 Å². The molecule has 0 aliphatic carbocycles. The van der Waals surface area contributed by atoms with Crippen LogP contribution in [0.25, 0.3) is 16.7 Å². The van der Waals surface area contributed by atoms with Crippen LogP contribution in [0.4, 0.5) is 13.2 Å².